The van der Waals surface area contributed by atoms with Crippen molar-refractivity contribution >= 4 is 31.6 Å². The smallest absolute Gasteiger partial charge is 0.261 e. The number of nitrogens with zero attached hydrogens (tertiary/aromatic N) is 1. The second-order valence-corrected chi connectivity index (χ2v) is 7.47. The number of pyridine rings is 1. The van der Waals surface area contributed by atoms with Crippen molar-refractivity contribution in [1.82, 2.24) is 4.98 Å². The Kier molecular flexibility index (Phi) is 4.82. The normalized spacial score (nSPS) is 11.0. The van der Waals surface area contributed by atoms with Gasteiger partial charge >= 0.3 is 0 Å². The molecular formula is C17H13BrN2O3S. The molecule has 3 rings (SSSR count). The summed E-state index contributed by atoms with van der Waals surface area (Å²) in [6.07, 6.45) is 3.02. The Bertz CT molecular complexity index is 912. The van der Waals surface area contributed by atoms with E-state index in [4.69, 9.17) is 4.74 Å². The second-order valence-electron chi connectivity index (χ2n) is 4.87. The van der Waals surface area contributed by atoms with Crippen LogP contribution in [0, 0.1) is 0 Å². The van der Waals surface area contributed by atoms with Gasteiger partial charge in [0.1, 0.15) is 11.5 Å². The van der Waals surface area contributed by atoms with Crippen molar-refractivity contribution in [1.29, 1.82) is 0 Å². The molecule has 0 aliphatic rings. The zero-order chi connectivity index (χ0) is 17.0. The third-order valence-electron chi connectivity index (χ3n) is 3.10. The van der Waals surface area contributed by atoms with Gasteiger partial charge in [0.25, 0.3) is 10.0 Å². The predicted octanol–water partition coefficient (Wildman–Crippen LogP) is 4.44. The van der Waals surface area contributed by atoms with Gasteiger partial charge in [-0.1, -0.05) is 15.9 Å². The zero-order valence-corrected chi connectivity index (χ0v) is 14.8. The van der Waals surface area contributed by atoms with Crippen LogP contribution in [0.1, 0.15) is 0 Å². The van der Waals surface area contributed by atoms with Gasteiger partial charge in [-0.25, -0.2) is 8.42 Å². The van der Waals surface area contributed by atoms with Crippen molar-refractivity contribution in [3.8, 4) is 11.5 Å². The van der Waals surface area contributed by atoms with E-state index in [1.807, 2.05) is 24.3 Å². The van der Waals surface area contributed by atoms with Crippen LogP contribution in [0.4, 0.5) is 5.69 Å². The molecule has 122 valence electrons. The summed E-state index contributed by atoms with van der Waals surface area (Å²) >= 11 is 3.36. The second kappa shape index (κ2) is 7.02. The van der Waals surface area contributed by atoms with Crippen LogP contribution in [-0.2, 0) is 10.0 Å². The van der Waals surface area contributed by atoms with E-state index in [1.54, 1.807) is 30.5 Å². The highest BCUT2D eigenvalue weighted by molar-refractivity contribution is 9.10. The van der Waals surface area contributed by atoms with Crippen LogP contribution >= 0.6 is 15.9 Å². The highest BCUT2D eigenvalue weighted by Gasteiger charge is 2.14. The Morgan fingerprint density at radius 2 is 1.54 bits per heavy atom. The molecule has 0 saturated heterocycles. The van der Waals surface area contributed by atoms with Gasteiger partial charge in [0.2, 0.25) is 0 Å². The lowest BCUT2D eigenvalue weighted by atomic mass is 10.3. The van der Waals surface area contributed by atoms with Crippen LogP contribution in [0.3, 0.4) is 0 Å². The fourth-order valence-corrected chi connectivity index (χ4v) is 3.27. The largest absolute Gasteiger partial charge is 0.457 e. The van der Waals surface area contributed by atoms with Crippen molar-refractivity contribution in [2.75, 3.05) is 4.72 Å². The molecule has 0 spiro atoms. The van der Waals surface area contributed by atoms with Gasteiger partial charge in [0.15, 0.2) is 0 Å². The van der Waals surface area contributed by atoms with Gasteiger partial charge in [0.05, 0.1) is 16.8 Å². The maximum Gasteiger partial charge on any atom is 0.261 e. The fraction of sp³-hybridized carbons (Fsp3) is 0. The molecule has 24 heavy (non-hydrogen) atoms. The molecular weight excluding hydrogens is 392 g/mol. The van der Waals surface area contributed by atoms with Crippen LogP contribution in [-0.4, -0.2) is 13.4 Å². The lowest BCUT2D eigenvalue weighted by Crippen LogP contribution is -2.12. The van der Waals surface area contributed by atoms with E-state index in [1.165, 1.54) is 18.3 Å². The van der Waals surface area contributed by atoms with Gasteiger partial charge in [-0.2, -0.15) is 0 Å². The molecule has 3 aromatic rings. The number of aromatic nitrogens is 1. The molecule has 0 atom stereocenters. The van der Waals surface area contributed by atoms with Crippen LogP contribution in [0.2, 0.25) is 0 Å². The highest BCUT2D eigenvalue weighted by atomic mass is 79.9. The Morgan fingerprint density at radius 1 is 0.917 bits per heavy atom. The summed E-state index contributed by atoms with van der Waals surface area (Å²) < 4.78 is 33.8. The number of nitrogens with one attached hydrogen (secondary N) is 1. The van der Waals surface area contributed by atoms with Gasteiger partial charge in [0, 0.05) is 10.7 Å². The maximum atomic E-state index is 12.3. The first-order chi connectivity index (χ1) is 11.5. The molecule has 0 amide bonds. The third kappa shape index (κ3) is 4.12. The summed E-state index contributed by atoms with van der Waals surface area (Å²) in [5.41, 5.74) is 0.410. The van der Waals surface area contributed by atoms with E-state index in [-0.39, 0.29) is 4.90 Å². The third-order valence-corrected chi connectivity index (χ3v) is 5.02. The van der Waals surface area contributed by atoms with Crippen LogP contribution in [0.15, 0.2) is 82.4 Å². The first-order valence-corrected chi connectivity index (χ1v) is 9.27. The Balaban J connectivity index is 1.75. The Morgan fingerprint density at radius 3 is 2.12 bits per heavy atom. The number of sulfonamides is 1. The number of benzene rings is 2. The minimum atomic E-state index is -3.66. The standard InChI is InChI=1S/C17H13BrN2O3S/c18-13-3-5-15(6-4-13)23-16-7-9-17(10-8-16)24(21,22)20-14-2-1-11-19-12-14/h1-12,20H. The molecule has 7 heteroatoms. The number of rotatable bonds is 5. The molecule has 1 aromatic heterocycles. The number of ether oxygens (including phenoxy) is 1. The summed E-state index contributed by atoms with van der Waals surface area (Å²) in [6, 6.07) is 16.9. The maximum absolute atomic E-state index is 12.3. The van der Waals surface area contributed by atoms with Gasteiger partial charge < -0.3 is 4.74 Å². The summed E-state index contributed by atoms with van der Waals surface area (Å²) in [4.78, 5) is 4.03. The molecule has 2 aromatic carbocycles. The zero-order valence-electron chi connectivity index (χ0n) is 12.4. The lowest BCUT2D eigenvalue weighted by Gasteiger charge is -2.09. The number of hydrogen-bond donors (Lipinski definition) is 1. The van der Waals surface area contributed by atoms with Crippen molar-refractivity contribution in [3.63, 3.8) is 0 Å². The van der Waals surface area contributed by atoms with Crippen LogP contribution in [0.5, 0.6) is 11.5 Å². The molecule has 0 aliphatic carbocycles. The van der Waals surface area contributed by atoms with E-state index >= 15 is 0 Å². The van der Waals surface area contributed by atoms with Crippen molar-refractivity contribution in [2.24, 2.45) is 0 Å². The monoisotopic (exact) mass is 404 g/mol. The summed E-state index contributed by atoms with van der Waals surface area (Å²) in [6.45, 7) is 0. The van der Waals surface area contributed by atoms with E-state index in [0.29, 0.717) is 17.2 Å². The minimum Gasteiger partial charge on any atom is -0.457 e. The van der Waals surface area contributed by atoms with E-state index in [9.17, 15) is 8.42 Å². The first kappa shape index (κ1) is 16.5. The average Bonchev–Trinajstić information content (AvgIpc) is 2.58. The van der Waals surface area contributed by atoms with E-state index in [2.05, 4.69) is 25.6 Å². The molecule has 0 fully saturated rings. The average molecular weight is 405 g/mol. The fourth-order valence-electron chi connectivity index (χ4n) is 1.96. The van der Waals surface area contributed by atoms with E-state index in [0.717, 1.165) is 4.47 Å². The Hall–Kier alpha value is -2.38. The minimum absolute atomic E-state index is 0.148. The predicted molar refractivity (Wildman–Crippen MR) is 95.7 cm³/mol. The molecule has 0 radical (unpaired) electrons. The van der Waals surface area contributed by atoms with Crippen LogP contribution < -0.4 is 9.46 Å². The summed E-state index contributed by atoms with van der Waals surface area (Å²) in [5, 5.41) is 0. The summed E-state index contributed by atoms with van der Waals surface area (Å²) in [7, 11) is -3.66. The molecule has 0 bridgehead atoms. The van der Waals surface area contributed by atoms with Gasteiger partial charge in [-0.3, -0.25) is 9.71 Å². The van der Waals surface area contributed by atoms with Crippen LogP contribution in [0.25, 0.3) is 0 Å². The first-order valence-electron chi connectivity index (χ1n) is 6.99. The van der Waals surface area contributed by atoms with E-state index < -0.39 is 10.0 Å². The summed E-state index contributed by atoms with van der Waals surface area (Å²) in [5.74, 6) is 1.22. The van der Waals surface area contributed by atoms with Crippen molar-refractivity contribution in [2.45, 2.75) is 4.90 Å². The molecule has 1 N–H and O–H groups in total. The van der Waals surface area contributed by atoms with Crippen molar-refractivity contribution in [3.05, 3.63) is 77.5 Å². The Labute approximate surface area is 148 Å². The van der Waals surface area contributed by atoms with Crippen molar-refractivity contribution < 1.29 is 13.2 Å². The molecule has 0 unspecified atom stereocenters. The van der Waals surface area contributed by atoms with Gasteiger partial charge in [-0.15, -0.1) is 0 Å². The number of anilines is 1. The number of hydrogen-bond acceptors (Lipinski definition) is 4. The quantitative estimate of drug-likeness (QED) is 0.682. The molecule has 0 aliphatic heterocycles. The number of halogens is 1. The lowest BCUT2D eigenvalue weighted by molar-refractivity contribution is 0.482. The molecule has 5 nitrogen and oxygen atoms in total. The SMILES string of the molecule is O=S(=O)(Nc1cccnc1)c1ccc(Oc2ccc(Br)cc2)cc1. The van der Waals surface area contributed by atoms with Gasteiger partial charge in [-0.05, 0) is 60.7 Å². The molecule has 1 heterocycles. The highest BCUT2D eigenvalue weighted by Crippen LogP contribution is 2.25. The topological polar surface area (TPSA) is 68.3 Å². The molecule has 0 saturated carbocycles.